The van der Waals surface area contributed by atoms with Crippen molar-refractivity contribution < 1.29 is 32.2 Å². The number of benzene rings is 1. The normalized spacial score (nSPS) is 10.9. The lowest BCUT2D eigenvalue weighted by atomic mass is 10.1. The van der Waals surface area contributed by atoms with Crippen LogP contribution in [-0.4, -0.2) is 25.2 Å². The molecule has 0 atom stereocenters. The van der Waals surface area contributed by atoms with Crippen LogP contribution in [0.4, 0.5) is 13.2 Å². The number of carbonyl (C=O) groups is 2. The number of hydrogen-bond acceptors (Lipinski definition) is 4. The minimum atomic E-state index is -5.02. The summed E-state index contributed by atoms with van der Waals surface area (Å²) in [5.41, 5.74) is 0.720. The Morgan fingerprint density at radius 1 is 1.16 bits per heavy atom. The summed E-state index contributed by atoms with van der Waals surface area (Å²) in [5, 5.41) is 0. The molecule has 0 bridgehead atoms. The summed E-state index contributed by atoms with van der Waals surface area (Å²) in [6.45, 7) is 0. The number of carbonyl (C=O) groups excluding carboxylic acids is 2. The first-order valence-electron chi connectivity index (χ1n) is 5.27. The van der Waals surface area contributed by atoms with Crippen LogP contribution in [0.5, 0.6) is 5.75 Å². The summed E-state index contributed by atoms with van der Waals surface area (Å²) in [4.78, 5) is 21.5. The highest BCUT2D eigenvalue weighted by Crippen LogP contribution is 2.20. The molecule has 104 valence electrons. The lowest BCUT2D eigenvalue weighted by molar-refractivity contribution is -0.189. The van der Waals surface area contributed by atoms with E-state index in [0.717, 1.165) is 5.56 Å². The van der Waals surface area contributed by atoms with Gasteiger partial charge < -0.3 is 9.47 Å². The van der Waals surface area contributed by atoms with Crippen LogP contribution in [0, 0.1) is 0 Å². The average Bonchev–Trinajstić information content (AvgIpc) is 2.36. The Balaban J connectivity index is 2.57. The molecule has 1 aromatic carbocycles. The molecule has 0 N–H and O–H groups in total. The molecule has 0 saturated heterocycles. The molecule has 0 fully saturated rings. The number of methoxy groups -OCH3 is 1. The van der Waals surface area contributed by atoms with Gasteiger partial charge in [-0.25, -0.2) is 4.79 Å². The highest BCUT2D eigenvalue weighted by atomic mass is 19.4. The van der Waals surface area contributed by atoms with Crippen molar-refractivity contribution >= 4 is 11.9 Å². The Hall–Kier alpha value is -2.05. The van der Waals surface area contributed by atoms with E-state index in [1.807, 2.05) is 0 Å². The summed E-state index contributed by atoms with van der Waals surface area (Å²) >= 11 is 0. The molecule has 0 amide bonds. The van der Waals surface area contributed by atoms with Gasteiger partial charge in [0.05, 0.1) is 7.11 Å². The van der Waals surface area contributed by atoms with E-state index in [1.165, 1.54) is 31.4 Å². The van der Waals surface area contributed by atoms with Gasteiger partial charge in [-0.15, -0.1) is 0 Å². The van der Waals surface area contributed by atoms with Crippen molar-refractivity contribution in [2.45, 2.75) is 19.0 Å². The zero-order chi connectivity index (χ0) is 14.5. The molecule has 4 nitrogen and oxygen atoms in total. The molecule has 0 aliphatic rings. The molecule has 0 aromatic heterocycles. The highest BCUT2D eigenvalue weighted by Gasteiger charge is 2.41. The third-order valence-electron chi connectivity index (χ3n) is 2.21. The van der Waals surface area contributed by atoms with Gasteiger partial charge in [0.1, 0.15) is 5.75 Å². The largest absolute Gasteiger partial charge is 0.491 e. The molecule has 0 radical (unpaired) electrons. The van der Waals surface area contributed by atoms with Gasteiger partial charge in [-0.2, -0.15) is 13.2 Å². The fourth-order valence-electron chi connectivity index (χ4n) is 1.24. The summed E-state index contributed by atoms with van der Waals surface area (Å²) in [6.07, 6.45) is -4.47. The molecule has 0 saturated carbocycles. The van der Waals surface area contributed by atoms with Gasteiger partial charge in [0.2, 0.25) is 0 Å². The number of halogens is 3. The molecule has 0 aliphatic heterocycles. The maximum Gasteiger partial charge on any atom is 0.491 e. The SMILES string of the molecule is COC(=O)CCc1ccc(OC(=O)C(F)(F)F)cc1. The van der Waals surface area contributed by atoms with Crippen LogP contribution in [0.2, 0.25) is 0 Å². The van der Waals surface area contributed by atoms with Gasteiger partial charge in [0.25, 0.3) is 0 Å². The van der Waals surface area contributed by atoms with Gasteiger partial charge in [0.15, 0.2) is 0 Å². The molecule has 0 unspecified atom stereocenters. The van der Waals surface area contributed by atoms with Gasteiger partial charge >= 0.3 is 18.1 Å². The smallest absolute Gasteiger partial charge is 0.469 e. The second-order valence-corrected chi connectivity index (χ2v) is 3.61. The Morgan fingerprint density at radius 2 is 1.74 bits per heavy atom. The van der Waals surface area contributed by atoms with Crippen molar-refractivity contribution in [1.29, 1.82) is 0 Å². The third-order valence-corrected chi connectivity index (χ3v) is 2.21. The van der Waals surface area contributed by atoms with Crippen molar-refractivity contribution in [1.82, 2.24) is 0 Å². The second-order valence-electron chi connectivity index (χ2n) is 3.61. The van der Waals surface area contributed by atoms with E-state index in [9.17, 15) is 22.8 Å². The van der Waals surface area contributed by atoms with Crippen molar-refractivity contribution in [2.24, 2.45) is 0 Å². The molecule has 1 rings (SSSR count). The minimum absolute atomic E-state index is 0.165. The molecule has 1 aromatic rings. The van der Waals surface area contributed by atoms with Gasteiger partial charge in [0, 0.05) is 6.42 Å². The first-order valence-corrected chi connectivity index (χ1v) is 5.27. The monoisotopic (exact) mass is 276 g/mol. The lowest BCUT2D eigenvalue weighted by Crippen LogP contribution is -2.27. The van der Waals surface area contributed by atoms with E-state index in [4.69, 9.17) is 0 Å². The van der Waals surface area contributed by atoms with E-state index < -0.39 is 12.1 Å². The summed E-state index contributed by atoms with van der Waals surface area (Å²) < 4.78 is 44.4. The predicted molar refractivity (Wildman–Crippen MR) is 58.5 cm³/mol. The summed E-state index contributed by atoms with van der Waals surface area (Å²) in [7, 11) is 1.27. The van der Waals surface area contributed by atoms with Crippen LogP contribution in [0.15, 0.2) is 24.3 Å². The Bertz CT molecular complexity index is 451. The van der Waals surface area contributed by atoms with Crippen LogP contribution >= 0.6 is 0 Å². The molecular formula is C12H11F3O4. The number of hydrogen-bond donors (Lipinski definition) is 0. The zero-order valence-corrected chi connectivity index (χ0v) is 9.99. The number of ether oxygens (including phenoxy) is 2. The van der Waals surface area contributed by atoms with Gasteiger partial charge in [-0.05, 0) is 24.1 Å². The number of aryl methyl sites for hydroxylation is 1. The van der Waals surface area contributed by atoms with Crippen molar-refractivity contribution in [3.8, 4) is 5.75 Å². The molecule has 0 heterocycles. The second kappa shape index (κ2) is 6.21. The van der Waals surface area contributed by atoms with Crippen LogP contribution < -0.4 is 4.74 Å². The molecule has 7 heteroatoms. The summed E-state index contributed by atoms with van der Waals surface area (Å²) in [5.74, 6) is -2.86. The Kier molecular flexibility index (Phi) is 4.91. The first kappa shape index (κ1) is 15.0. The number of alkyl halides is 3. The van der Waals surface area contributed by atoms with E-state index in [1.54, 1.807) is 0 Å². The average molecular weight is 276 g/mol. The molecule has 19 heavy (non-hydrogen) atoms. The number of rotatable bonds is 4. The van der Waals surface area contributed by atoms with Crippen LogP contribution in [0.1, 0.15) is 12.0 Å². The minimum Gasteiger partial charge on any atom is -0.469 e. The van der Waals surface area contributed by atoms with Crippen molar-refractivity contribution in [3.63, 3.8) is 0 Å². The van der Waals surface area contributed by atoms with Gasteiger partial charge in [-0.1, -0.05) is 12.1 Å². The molecule has 0 aliphatic carbocycles. The van der Waals surface area contributed by atoms with Gasteiger partial charge in [-0.3, -0.25) is 4.79 Å². The molecular weight excluding hydrogens is 265 g/mol. The fraction of sp³-hybridized carbons (Fsp3) is 0.333. The fourth-order valence-corrected chi connectivity index (χ4v) is 1.24. The Labute approximate surface area is 107 Å². The topological polar surface area (TPSA) is 52.6 Å². The molecule has 0 spiro atoms. The van der Waals surface area contributed by atoms with Crippen LogP contribution in [-0.2, 0) is 20.7 Å². The summed E-state index contributed by atoms with van der Waals surface area (Å²) in [6, 6.07) is 5.41. The van der Waals surface area contributed by atoms with Crippen molar-refractivity contribution in [2.75, 3.05) is 7.11 Å². The third kappa shape index (κ3) is 4.99. The lowest BCUT2D eigenvalue weighted by Gasteiger charge is -2.07. The zero-order valence-electron chi connectivity index (χ0n) is 9.99. The van der Waals surface area contributed by atoms with Crippen molar-refractivity contribution in [3.05, 3.63) is 29.8 Å². The highest BCUT2D eigenvalue weighted by molar-refractivity contribution is 5.78. The first-order chi connectivity index (χ1) is 8.82. The van der Waals surface area contributed by atoms with E-state index in [-0.39, 0.29) is 18.1 Å². The maximum absolute atomic E-state index is 11.9. The number of esters is 2. The maximum atomic E-state index is 11.9. The quantitative estimate of drug-likeness (QED) is 0.625. The van der Waals surface area contributed by atoms with Crippen LogP contribution in [0.25, 0.3) is 0 Å². The van der Waals surface area contributed by atoms with E-state index in [2.05, 4.69) is 9.47 Å². The van der Waals surface area contributed by atoms with E-state index >= 15 is 0 Å². The van der Waals surface area contributed by atoms with Crippen LogP contribution in [0.3, 0.4) is 0 Å². The standard InChI is InChI=1S/C12H11F3O4/c1-18-10(16)7-4-8-2-5-9(6-3-8)19-11(17)12(13,14)15/h2-3,5-6H,4,7H2,1H3. The Morgan fingerprint density at radius 3 is 2.21 bits per heavy atom. The predicted octanol–water partition coefficient (Wildman–Crippen LogP) is 2.26. The van der Waals surface area contributed by atoms with E-state index in [0.29, 0.717) is 6.42 Å².